The topological polar surface area (TPSA) is 140 Å². The monoisotopic (exact) mass is 1460 g/mol. The molecule has 24 aromatic rings. The van der Waals surface area contributed by atoms with Crippen LogP contribution in [-0.4, -0.2) is 39.0 Å². The van der Waals surface area contributed by atoms with Gasteiger partial charge in [0.2, 0.25) is 0 Å². The zero-order valence-electron chi connectivity index (χ0n) is 60.7. The molecule has 8 aromatic heterocycles. The molecule has 0 radical (unpaired) electrons. The molecule has 0 bridgehead atoms. The van der Waals surface area contributed by atoms with E-state index in [1.807, 2.05) is 109 Å². The molecular formula is C102H58N8O4. The zero-order valence-corrected chi connectivity index (χ0v) is 60.7. The highest BCUT2D eigenvalue weighted by Crippen LogP contribution is 2.45. The Morgan fingerprint density at radius 1 is 0.149 bits per heavy atom. The third-order valence-corrected chi connectivity index (χ3v) is 22.6. The summed E-state index contributed by atoms with van der Waals surface area (Å²) in [6.45, 7) is 0. The molecule has 0 spiro atoms. The highest BCUT2D eigenvalue weighted by molar-refractivity contribution is 6.18. The molecule has 0 aliphatic carbocycles. The molecule has 0 aliphatic rings. The third-order valence-electron chi connectivity index (χ3n) is 22.6. The second-order valence-corrected chi connectivity index (χ2v) is 29.3. The zero-order chi connectivity index (χ0) is 74.6. The molecule has 0 aliphatic heterocycles. The normalized spacial score (nSPS) is 12.0. The van der Waals surface area contributed by atoms with Crippen LogP contribution in [0.15, 0.2) is 370 Å². The number of hydrogen-bond donors (Lipinski definition) is 0. The van der Waals surface area contributed by atoms with Crippen LogP contribution in [0.3, 0.4) is 0 Å². The Morgan fingerprint density at radius 2 is 0.447 bits per heavy atom. The van der Waals surface area contributed by atoms with Crippen molar-refractivity contribution in [3.8, 4) is 113 Å². The highest BCUT2D eigenvalue weighted by atomic mass is 16.3. The van der Waals surface area contributed by atoms with Crippen molar-refractivity contribution >= 4 is 131 Å². The molecule has 0 N–H and O–H groups in total. The Labute approximate surface area is 649 Å². The van der Waals surface area contributed by atoms with Crippen molar-refractivity contribution < 1.29 is 17.7 Å². The van der Waals surface area contributed by atoms with E-state index >= 15 is 0 Å². The van der Waals surface area contributed by atoms with Crippen LogP contribution < -0.4 is 0 Å². The Morgan fingerprint density at radius 3 is 0.939 bits per heavy atom. The fourth-order valence-electron chi connectivity index (χ4n) is 17.1. The molecule has 16 aromatic carbocycles. The first-order valence-corrected chi connectivity index (χ1v) is 38.1. The summed E-state index contributed by atoms with van der Waals surface area (Å²) in [6.07, 6.45) is 0. The molecule has 24 rings (SSSR count). The van der Waals surface area contributed by atoms with Crippen LogP contribution in [0.25, 0.3) is 244 Å². The molecule has 0 atom stereocenters. The lowest BCUT2D eigenvalue weighted by molar-refractivity contribution is 0.656. The van der Waals surface area contributed by atoms with Crippen molar-refractivity contribution in [1.29, 1.82) is 0 Å². The summed E-state index contributed by atoms with van der Waals surface area (Å²) in [5.74, 6) is 3.44. The molecule has 8 heterocycles. The van der Waals surface area contributed by atoms with Crippen molar-refractivity contribution in [1.82, 2.24) is 39.0 Å². The second kappa shape index (κ2) is 24.9. The van der Waals surface area contributed by atoms with Gasteiger partial charge in [-0.15, -0.1) is 0 Å². The van der Waals surface area contributed by atoms with Gasteiger partial charge in [0.1, 0.15) is 44.7 Å². The molecule has 12 heteroatoms. The van der Waals surface area contributed by atoms with Gasteiger partial charge in [-0.05, 0) is 143 Å². The number of hydrogen-bond acceptors (Lipinski definition) is 10. The lowest BCUT2D eigenvalue weighted by atomic mass is 9.97. The van der Waals surface area contributed by atoms with Crippen molar-refractivity contribution in [3.05, 3.63) is 352 Å². The van der Waals surface area contributed by atoms with E-state index in [-0.39, 0.29) is 0 Å². The van der Waals surface area contributed by atoms with Gasteiger partial charge >= 0.3 is 0 Å². The number of aromatic nitrogens is 8. The molecular weight excluding hydrogens is 1400 g/mol. The smallest absolute Gasteiger partial charge is 0.164 e. The SMILES string of the molecule is c1ccc(-c2ccc3c4ccccc4n(-c4ccc5c(c4)oc4cc6c(cc45)oc4cc(-c5nc(-c7ccccc7)nc(-c7cccc(-c8cccc(-c9ccc%10c(c9)c9ccccc9n%10-c9ccc%10c(c9)oc9cc%11oc%12cc(-c%13nc(-c%14ccccc%14)nc(-c%14ccccc%14)n%13)ccc%12c%11cc9%10)c8)c7)n5)ccc46)c3c2)cc1. The van der Waals surface area contributed by atoms with Gasteiger partial charge in [0, 0.05) is 128 Å². The van der Waals surface area contributed by atoms with Gasteiger partial charge in [0.05, 0.1) is 22.1 Å². The Bertz CT molecular complexity index is 8060. The minimum atomic E-state index is 0.534. The van der Waals surface area contributed by atoms with E-state index in [4.69, 9.17) is 47.6 Å². The van der Waals surface area contributed by atoms with E-state index in [2.05, 4.69) is 252 Å². The summed E-state index contributed by atoms with van der Waals surface area (Å²) in [5.41, 5.74) is 24.4. The number of rotatable bonds is 11. The average Bonchev–Trinajstić information content (AvgIpc) is 1.59. The molecule has 0 amide bonds. The van der Waals surface area contributed by atoms with Crippen LogP contribution in [-0.2, 0) is 0 Å². The second-order valence-electron chi connectivity index (χ2n) is 29.3. The van der Waals surface area contributed by atoms with Gasteiger partial charge in [-0.3, -0.25) is 0 Å². The lowest BCUT2D eigenvalue weighted by Crippen LogP contribution is -2.00. The maximum absolute atomic E-state index is 6.80. The molecule has 0 fully saturated rings. The Kier molecular flexibility index (Phi) is 13.8. The quantitative estimate of drug-likeness (QED) is 0.123. The Hall–Kier alpha value is -15.7. The standard InChI is InChI=1S/C102H58N8O4/c1-5-19-59(20-6-1)67-35-41-75-73-31-13-15-33-85(73)110(88(75)50-67)72-40-45-79-84-57-93-83(56-94(84)113-92(79)54-72)77-43-37-70(52-90(77)111-93)102-107-99(62-25-11-4-12-26-62)104-100(108-102)68-30-18-29-65(48-68)63-27-17-28-64(47-63)66-38-46-87-80(49-66)74-32-14-16-34-86(74)109(87)71-39-44-78-82-55-81-76-42-36-69(51-89(76)112-95(81)58-96(82)114-91(78)53-71)101-105-97(60-21-7-2-8-22-60)103-98(106-101)61-23-9-3-10-24-61/h1-58H. The van der Waals surface area contributed by atoms with Crippen molar-refractivity contribution in [2.24, 2.45) is 0 Å². The third kappa shape index (κ3) is 10.2. The molecule has 0 saturated heterocycles. The molecule has 530 valence electrons. The number of fused-ring (bicyclic) bond motifs is 18. The van der Waals surface area contributed by atoms with E-state index in [1.165, 1.54) is 21.9 Å². The molecule has 12 nitrogen and oxygen atoms in total. The number of nitrogens with zero attached hydrogens (tertiary/aromatic N) is 8. The predicted molar refractivity (Wildman–Crippen MR) is 460 cm³/mol. The van der Waals surface area contributed by atoms with Gasteiger partial charge in [-0.1, -0.05) is 224 Å². The minimum Gasteiger partial charge on any atom is -0.456 e. The van der Waals surface area contributed by atoms with Crippen LogP contribution in [0.1, 0.15) is 0 Å². The van der Waals surface area contributed by atoms with Crippen molar-refractivity contribution in [2.75, 3.05) is 0 Å². The molecule has 0 unspecified atom stereocenters. The predicted octanol–water partition coefficient (Wildman–Crippen LogP) is 26.9. The van der Waals surface area contributed by atoms with Crippen molar-refractivity contribution in [2.45, 2.75) is 0 Å². The van der Waals surface area contributed by atoms with Crippen molar-refractivity contribution in [3.63, 3.8) is 0 Å². The number of benzene rings is 16. The van der Waals surface area contributed by atoms with Gasteiger partial charge in [0.25, 0.3) is 0 Å². The van der Waals surface area contributed by atoms with Crippen LogP contribution in [0.5, 0.6) is 0 Å². The summed E-state index contributed by atoms with van der Waals surface area (Å²) in [5, 5.41) is 12.7. The molecule has 0 saturated carbocycles. The van der Waals surface area contributed by atoms with Gasteiger partial charge in [-0.2, -0.15) is 0 Å². The summed E-state index contributed by atoms with van der Waals surface area (Å²) >= 11 is 0. The number of furan rings is 4. The first kappa shape index (κ1) is 63.3. The van der Waals surface area contributed by atoms with Crippen LogP contribution in [0.2, 0.25) is 0 Å². The summed E-state index contributed by atoms with van der Waals surface area (Å²) in [6, 6.07) is 123. The van der Waals surface area contributed by atoms with E-state index in [0.29, 0.717) is 34.9 Å². The van der Waals surface area contributed by atoms with Gasteiger partial charge in [-0.25, -0.2) is 29.9 Å². The summed E-state index contributed by atoms with van der Waals surface area (Å²) in [7, 11) is 0. The fourth-order valence-corrected chi connectivity index (χ4v) is 17.1. The van der Waals surface area contributed by atoms with E-state index in [1.54, 1.807) is 0 Å². The van der Waals surface area contributed by atoms with Crippen LogP contribution >= 0.6 is 0 Å². The fraction of sp³-hybridized carbons (Fsp3) is 0. The first-order valence-electron chi connectivity index (χ1n) is 38.1. The average molecular weight is 1460 g/mol. The Balaban J connectivity index is 0.530. The maximum Gasteiger partial charge on any atom is 0.164 e. The highest BCUT2D eigenvalue weighted by Gasteiger charge is 2.24. The first-order chi connectivity index (χ1) is 56.4. The number of para-hydroxylation sites is 2. The van der Waals surface area contributed by atoms with Gasteiger partial charge in [0.15, 0.2) is 34.9 Å². The van der Waals surface area contributed by atoms with E-state index < -0.39 is 0 Å². The van der Waals surface area contributed by atoms with Crippen LogP contribution in [0.4, 0.5) is 0 Å². The summed E-state index contributed by atoms with van der Waals surface area (Å²) in [4.78, 5) is 30.5. The minimum absolute atomic E-state index is 0.534. The molecule has 114 heavy (non-hydrogen) atoms. The lowest BCUT2D eigenvalue weighted by Gasteiger charge is -2.11. The van der Waals surface area contributed by atoms with E-state index in [0.717, 1.165) is 188 Å². The van der Waals surface area contributed by atoms with Crippen LogP contribution in [0, 0.1) is 0 Å². The van der Waals surface area contributed by atoms with E-state index in [9.17, 15) is 0 Å². The maximum atomic E-state index is 6.80. The largest absolute Gasteiger partial charge is 0.456 e. The summed E-state index contributed by atoms with van der Waals surface area (Å²) < 4.78 is 31.7. The van der Waals surface area contributed by atoms with Gasteiger partial charge < -0.3 is 26.8 Å².